The molecule has 3 aromatic rings. The van der Waals surface area contributed by atoms with Crippen molar-refractivity contribution in [2.24, 2.45) is 0 Å². The predicted octanol–water partition coefficient (Wildman–Crippen LogP) is 3.12. The summed E-state index contributed by atoms with van der Waals surface area (Å²) in [6, 6.07) is 22.7. The van der Waals surface area contributed by atoms with E-state index in [1.54, 1.807) is 38.3 Å². The Hall–Kier alpha value is -4.70. The molecule has 226 valence electrons. The van der Waals surface area contributed by atoms with Crippen LogP contribution in [0.25, 0.3) is 0 Å². The van der Waals surface area contributed by atoms with Gasteiger partial charge in [0.05, 0.1) is 19.8 Å². The zero-order chi connectivity index (χ0) is 30.8. The molecule has 0 bridgehead atoms. The fourth-order valence-corrected chi connectivity index (χ4v) is 4.46. The molecule has 10 heteroatoms. The number of amides is 3. The van der Waals surface area contributed by atoms with Gasteiger partial charge < -0.3 is 30.2 Å². The molecule has 1 aliphatic heterocycles. The number of ether oxygens (including phenoxy) is 3. The molecule has 0 aromatic heterocycles. The summed E-state index contributed by atoms with van der Waals surface area (Å²) in [5.74, 6) is -0.724. The number of hydrogen-bond acceptors (Lipinski definition) is 7. The van der Waals surface area contributed by atoms with Crippen molar-refractivity contribution < 1.29 is 33.4 Å². The molecule has 0 spiro atoms. The minimum absolute atomic E-state index is 0.0446. The van der Waals surface area contributed by atoms with Crippen LogP contribution in [0.1, 0.15) is 30.5 Å². The molecule has 1 fully saturated rings. The molecule has 4 rings (SSSR count). The van der Waals surface area contributed by atoms with Crippen LogP contribution in [0, 0.1) is 0 Å². The zero-order valence-electron chi connectivity index (χ0n) is 24.5. The Morgan fingerprint density at radius 3 is 1.88 bits per heavy atom. The van der Waals surface area contributed by atoms with Crippen LogP contribution in [-0.4, -0.2) is 61.1 Å². The molecular formula is C33H37N3O7. The third kappa shape index (κ3) is 9.14. The molecule has 43 heavy (non-hydrogen) atoms. The summed E-state index contributed by atoms with van der Waals surface area (Å²) in [5.41, 5.74) is 1.47. The van der Waals surface area contributed by atoms with Crippen LogP contribution in [0.4, 0.5) is 4.79 Å². The second-order valence-corrected chi connectivity index (χ2v) is 10.7. The van der Waals surface area contributed by atoms with Crippen molar-refractivity contribution >= 4 is 23.7 Å². The van der Waals surface area contributed by atoms with Crippen molar-refractivity contribution in [2.75, 3.05) is 13.7 Å². The molecule has 10 nitrogen and oxygen atoms in total. The van der Waals surface area contributed by atoms with Gasteiger partial charge in [-0.05, 0) is 49.1 Å². The van der Waals surface area contributed by atoms with Crippen molar-refractivity contribution in [3.8, 4) is 5.75 Å². The third-order valence-corrected chi connectivity index (χ3v) is 7.19. The number of methoxy groups -OCH3 is 1. The van der Waals surface area contributed by atoms with E-state index in [4.69, 9.17) is 14.2 Å². The standard InChI is InChI=1S/C33H37N3O7/c1-22(34-32(40)42-20-25-12-8-5-9-13-25)30(38)36-28(19-24-14-16-26(41-3)17-15-24)31(39)35-27(29(37)33(2)21-43-33)18-23-10-6-4-7-11-23/h4-17,22,27-28H,18-21H2,1-3H3,(H,34,40)(H,35,39)(H,36,38)/t22-,27-,28?,33+/m0/s1. The second-order valence-electron chi connectivity index (χ2n) is 10.7. The third-order valence-electron chi connectivity index (χ3n) is 7.19. The highest BCUT2D eigenvalue weighted by atomic mass is 16.6. The molecule has 3 N–H and O–H groups in total. The van der Waals surface area contributed by atoms with E-state index < -0.39 is 41.6 Å². The lowest BCUT2D eigenvalue weighted by Gasteiger charge is -2.25. The number of hydrogen-bond donors (Lipinski definition) is 3. The minimum atomic E-state index is -1.05. The van der Waals surface area contributed by atoms with Gasteiger partial charge in [0, 0.05) is 6.42 Å². The topological polar surface area (TPSA) is 135 Å². The minimum Gasteiger partial charge on any atom is -0.497 e. The highest BCUT2D eigenvalue weighted by molar-refractivity contribution is 5.98. The molecule has 1 heterocycles. The van der Waals surface area contributed by atoms with E-state index in [0.29, 0.717) is 5.75 Å². The molecule has 3 aromatic carbocycles. The van der Waals surface area contributed by atoms with Gasteiger partial charge in [0.25, 0.3) is 0 Å². The lowest BCUT2D eigenvalue weighted by molar-refractivity contribution is -0.133. The summed E-state index contributed by atoms with van der Waals surface area (Å²) in [5, 5.41) is 8.10. The maximum atomic E-state index is 13.7. The van der Waals surface area contributed by atoms with Crippen LogP contribution < -0.4 is 20.7 Å². The second kappa shape index (κ2) is 14.5. The number of nitrogens with one attached hydrogen (secondary N) is 3. The molecule has 0 radical (unpaired) electrons. The number of epoxide rings is 1. The SMILES string of the molecule is COc1ccc(CC(NC(=O)[C@H](C)NC(=O)OCc2ccccc2)C(=O)N[C@@H](Cc2ccccc2)C(=O)[C@@]2(C)CO2)cc1. The molecular weight excluding hydrogens is 550 g/mol. The summed E-state index contributed by atoms with van der Waals surface area (Å²) in [6.07, 6.45) is -0.375. The van der Waals surface area contributed by atoms with Crippen LogP contribution in [0.2, 0.25) is 0 Å². The predicted molar refractivity (Wildman–Crippen MR) is 159 cm³/mol. The van der Waals surface area contributed by atoms with Crippen molar-refractivity contribution in [1.82, 2.24) is 16.0 Å². The van der Waals surface area contributed by atoms with Crippen molar-refractivity contribution in [3.05, 3.63) is 102 Å². The lowest BCUT2D eigenvalue weighted by Crippen LogP contribution is -2.57. The molecule has 0 aliphatic carbocycles. The van der Waals surface area contributed by atoms with Gasteiger partial charge in [-0.25, -0.2) is 4.79 Å². The summed E-state index contributed by atoms with van der Waals surface area (Å²) in [6.45, 7) is 3.51. The van der Waals surface area contributed by atoms with E-state index in [9.17, 15) is 19.2 Å². The van der Waals surface area contributed by atoms with Gasteiger partial charge in [-0.2, -0.15) is 0 Å². The maximum absolute atomic E-state index is 13.7. The Labute approximate surface area is 251 Å². The highest BCUT2D eigenvalue weighted by Gasteiger charge is 2.50. The van der Waals surface area contributed by atoms with E-state index in [1.807, 2.05) is 60.7 Å². The van der Waals surface area contributed by atoms with E-state index in [-0.39, 0.29) is 31.8 Å². The van der Waals surface area contributed by atoms with Gasteiger partial charge in [0.15, 0.2) is 5.78 Å². The number of benzene rings is 3. The summed E-state index contributed by atoms with van der Waals surface area (Å²) in [7, 11) is 1.55. The fraction of sp³-hybridized carbons (Fsp3) is 0.333. The largest absolute Gasteiger partial charge is 0.497 e. The number of rotatable bonds is 14. The number of ketones is 1. The van der Waals surface area contributed by atoms with E-state index >= 15 is 0 Å². The summed E-state index contributed by atoms with van der Waals surface area (Å²) < 4.78 is 15.8. The number of carbonyl (C=O) groups is 4. The van der Waals surface area contributed by atoms with Crippen molar-refractivity contribution in [1.29, 1.82) is 0 Å². The van der Waals surface area contributed by atoms with E-state index in [2.05, 4.69) is 16.0 Å². The highest BCUT2D eigenvalue weighted by Crippen LogP contribution is 2.29. The quantitative estimate of drug-likeness (QED) is 0.247. The zero-order valence-corrected chi connectivity index (χ0v) is 24.5. The van der Waals surface area contributed by atoms with Crippen LogP contribution in [0.5, 0.6) is 5.75 Å². The van der Waals surface area contributed by atoms with Gasteiger partial charge in [0.2, 0.25) is 11.8 Å². The van der Waals surface area contributed by atoms with Crippen molar-refractivity contribution in [2.45, 2.75) is 57.0 Å². The molecule has 1 aliphatic rings. The summed E-state index contributed by atoms with van der Waals surface area (Å²) in [4.78, 5) is 52.6. The van der Waals surface area contributed by atoms with Crippen molar-refractivity contribution in [3.63, 3.8) is 0 Å². The van der Waals surface area contributed by atoms with E-state index in [1.165, 1.54) is 6.92 Å². The Balaban J connectivity index is 1.45. The van der Waals surface area contributed by atoms with Gasteiger partial charge in [0.1, 0.15) is 30.0 Å². The normalized spacial score (nSPS) is 17.5. The number of carbonyl (C=O) groups excluding carboxylic acids is 4. The lowest BCUT2D eigenvalue weighted by atomic mass is 9.94. The number of alkyl carbamates (subject to hydrolysis) is 1. The molecule has 0 saturated carbocycles. The smallest absolute Gasteiger partial charge is 0.408 e. The van der Waals surface area contributed by atoms with Crippen LogP contribution in [-0.2, 0) is 43.3 Å². The summed E-state index contributed by atoms with van der Waals surface area (Å²) >= 11 is 0. The monoisotopic (exact) mass is 587 g/mol. The van der Waals surface area contributed by atoms with Crippen LogP contribution >= 0.6 is 0 Å². The Bertz CT molecular complexity index is 1390. The Morgan fingerprint density at radius 1 is 0.767 bits per heavy atom. The molecule has 4 atom stereocenters. The average molecular weight is 588 g/mol. The van der Waals surface area contributed by atoms with Gasteiger partial charge in [-0.1, -0.05) is 72.8 Å². The first-order valence-corrected chi connectivity index (χ1v) is 14.1. The molecule has 1 saturated heterocycles. The van der Waals surface area contributed by atoms with Gasteiger partial charge in [-0.3, -0.25) is 14.4 Å². The average Bonchev–Trinajstić information content (AvgIpc) is 3.78. The first kappa shape index (κ1) is 31.2. The van der Waals surface area contributed by atoms with E-state index in [0.717, 1.165) is 16.7 Å². The van der Waals surface area contributed by atoms with Gasteiger partial charge in [-0.15, -0.1) is 0 Å². The Morgan fingerprint density at radius 2 is 1.30 bits per heavy atom. The van der Waals surface area contributed by atoms with Crippen LogP contribution in [0.15, 0.2) is 84.9 Å². The fourth-order valence-electron chi connectivity index (χ4n) is 4.46. The first-order valence-electron chi connectivity index (χ1n) is 14.1. The maximum Gasteiger partial charge on any atom is 0.408 e. The van der Waals surface area contributed by atoms with Gasteiger partial charge >= 0.3 is 6.09 Å². The van der Waals surface area contributed by atoms with Crippen LogP contribution in [0.3, 0.4) is 0 Å². The molecule has 3 amide bonds. The Kier molecular flexibility index (Phi) is 10.5. The molecule has 1 unspecified atom stereocenters. The first-order chi connectivity index (χ1) is 20.7. The number of Topliss-reactive ketones (excluding diaryl/α,β-unsaturated/α-hetero) is 1.